The molecule has 3 heteroatoms. The SMILES string of the molecule is CC1(C)c2c(n(-c3ccccc3)c3ccccc23)-c2c1c1ccccc1n2-c1cccc(-c2cccc3c2oc2ccccc23)c1. The summed E-state index contributed by atoms with van der Waals surface area (Å²) in [4.78, 5) is 0. The van der Waals surface area contributed by atoms with Crippen LogP contribution in [0.3, 0.4) is 0 Å². The average Bonchev–Trinajstić information content (AvgIpc) is 3.81. The molecule has 10 rings (SSSR count). The van der Waals surface area contributed by atoms with Crippen LogP contribution in [0.5, 0.6) is 0 Å². The first-order chi connectivity index (χ1) is 22.6. The van der Waals surface area contributed by atoms with Gasteiger partial charge in [0.05, 0.1) is 22.4 Å². The fraction of sp³-hybridized carbons (Fsp3) is 0.0698. The van der Waals surface area contributed by atoms with Crippen molar-refractivity contribution in [3.63, 3.8) is 0 Å². The molecule has 46 heavy (non-hydrogen) atoms. The van der Waals surface area contributed by atoms with Crippen LogP contribution in [-0.2, 0) is 5.41 Å². The molecule has 0 saturated heterocycles. The molecule has 0 spiro atoms. The van der Waals surface area contributed by atoms with E-state index >= 15 is 0 Å². The predicted octanol–water partition coefficient (Wildman–Crippen LogP) is 11.4. The van der Waals surface area contributed by atoms with Crippen molar-refractivity contribution >= 4 is 43.7 Å². The van der Waals surface area contributed by atoms with E-state index in [4.69, 9.17) is 4.42 Å². The van der Waals surface area contributed by atoms with Crippen LogP contribution in [0.25, 0.3) is 77.6 Å². The van der Waals surface area contributed by atoms with Crippen LogP contribution in [0, 0.1) is 0 Å². The lowest BCUT2D eigenvalue weighted by Crippen LogP contribution is -2.14. The first-order valence-corrected chi connectivity index (χ1v) is 16.0. The summed E-state index contributed by atoms with van der Waals surface area (Å²) in [5.41, 5.74) is 13.9. The molecule has 0 unspecified atom stereocenters. The Bertz CT molecular complexity index is 2660. The number of nitrogens with zero attached hydrogens (tertiary/aromatic N) is 2. The lowest BCUT2D eigenvalue weighted by molar-refractivity contribution is 0.670. The van der Waals surface area contributed by atoms with E-state index in [1.54, 1.807) is 0 Å². The molecular weight excluding hydrogens is 560 g/mol. The fourth-order valence-corrected chi connectivity index (χ4v) is 8.22. The van der Waals surface area contributed by atoms with Gasteiger partial charge >= 0.3 is 0 Å². The van der Waals surface area contributed by atoms with Crippen LogP contribution in [0.4, 0.5) is 0 Å². The minimum absolute atomic E-state index is 0.202. The van der Waals surface area contributed by atoms with Crippen LogP contribution in [-0.4, -0.2) is 9.13 Å². The first kappa shape index (κ1) is 25.5. The Kier molecular flexibility index (Phi) is 5.06. The van der Waals surface area contributed by atoms with E-state index < -0.39 is 0 Å². The third kappa shape index (κ3) is 3.27. The number of benzene rings is 6. The molecule has 0 bridgehead atoms. The van der Waals surface area contributed by atoms with Crippen molar-refractivity contribution in [2.75, 3.05) is 0 Å². The maximum Gasteiger partial charge on any atom is 0.143 e. The zero-order valence-electron chi connectivity index (χ0n) is 25.7. The van der Waals surface area contributed by atoms with Gasteiger partial charge in [0.2, 0.25) is 0 Å². The zero-order valence-corrected chi connectivity index (χ0v) is 25.7. The predicted molar refractivity (Wildman–Crippen MR) is 190 cm³/mol. The highest BCUT2D eigenvalue weighted by Gasteiger charge is 2.45. The van der Waals surface area contributed by atoms with E-state index in [2.05, 4.69) is 163 Å². The molecule has 0 aliphatic heterocycles. The Hall–Kier alpha value is -5.80. The smallest absolute Gasteiger partial charge is 0.143 e. The molecule has 0 N–H and O–H groups in total. The number of furan rings is 1. The second-order valence-electron chi connectivity index (χ2n) is 12.9. The Labute approximate surface area is 266 Å². The molecule has 0 amide bonds. The van der Waals surface area contributed by atoms with Crippen LogP contribution < -0.4 is 0 Å². The maximum absolute atomic E-state index is 6.47. The Morgan fingerprint density at radius 3 is 1.74 bits per heavy atom. The lowest BCUT2D eigenvalue weighted by Gasteiger charge is -2.20. The maximum atomic E-state index is 6.47. The molecule has 0 radical (unpaired) electrons. The minimum Gasteiger partial charge on any atom is -0.455 e. The van der Waals surface area contributed by atoms with Gasteiger partial charge in [0.1, 0.15) is 11.2 Å². The van der Waals surface area contributed by atoms with Crippen molar-refractivity contribution in [3.8, 4) is 33.9 Å². The average molecular weight is 591 g/mol. The van der Waals surface area contributed by atoms with Crippen molar-refractivity contribution in [1.82, 2.24) is 9.13 Å². The largest absolute Gasteiger partial charge is 0.455 e. The van der Waals surface area contributed by atoms with Crippen LogP contribution in [0.2, 0.25) is 0 Å². The number of hydrogen-bond donors (Lipinski definition) is 0. The summed E-state index contributed by atoms with van der Waals surface area (Å²) < 4.78 is 11.5. The van der Waals surface area contributed by atoms with Gasteiger partial charge in [-0.05, 0) is 59.2 Å². The highest BCUT2D eigenvalue weighted by atomic mass is 16.3. The van der Waals surface area contributed by atoms with Crippen molar-refractivity contribution in [3.05, 3.63) is 157 Å². The number of fused-ring (bicyclic) bond motifs is 10. The second-order valence-corrected chi connectivity index (χ2v) is 12.9. The molecule has 0 atom stereocenters. The highest BCUT2D eigenvalue weighted by Crippen LogP contribution is 2.57. The summed E-state index contributed by atoms with van der Waals surface area (Å²) >= 11 is 0. The van der Waals surface area contributed by atoms with E-state index in [-0.39, 0.29) is 5.41 Å². The standard InChI is InChI=1S/C43H30N2O/c1-43(2)38-33-19-6-9-23-35(33)44(28-15-4-3-5-16-28)40(38)41-39(43)34-20-7-10-24-36(34)45(41)29-17-12-14-27(26-29)30-21-13-22-32-31-18-8-11-25-37(31)46-42(30)32/h3-26H,1-2H3. The molecular formula is C43H30N2O. The van der Waals surface area contributed by atoms with Crippen LogP contribution in [0.15, 0.2) is 150 Å². The van der Waals surface area contributed by atoms with Crippen molar-refractivity contribution in [2.24, 2.45) is 0 Å². The van der Waals surface area contributed by atoms with Gasteiger partial charge in [-0.2, -0.15) is 0 Å². The first-order valence-electron chi connectivity index (χ1n) is 16.0. The summed E-state index contributed by atoms with van der Waals surface area (Å²) in [5.74, 6) is 0. The van der Waals surface area contributed by atoms with Gasteiger partial charge in [-0.25, -0.2) is 0 Å². The normalized spacial score (nSPS) is 13.6. The van der Waals surface area contributed by atoms with Gasteiger partial charge in [0, 0.05) is 43.9 Å². The molecule has 218 valence electrons. The molecule has 9 aromatic rings. The minimum atomic E-state index is -0.202. The summed E-state index contributed by atoms with van der Waals surface area (Å²) in [7, 11) is 0. The van der Waals surface area contributed by atoms with E-state index in [1.165, 1.54) is 50.0 Å². The molecule has 0 fully saturated rings. The molecule has 3 nitrogen and oxygen atoms in total. The fourth-order valence-electron chi connectivity index (χ4n) is 8.22. The van der Waals surface area contributed by atoms with Gasteiger partial charge in [-0.3, -0.25) is 0 Å². The van der Waals surface area contributed by atoms with E-state index in [9.17, 15) is 0 Å². The van der Waals surface area contributed by atoms with E-state index in [0.717, 1.165) is 38.8 Å². The van der Waals surface area contributed by atoms with E-state index in [1.807, 2.05) is 6.07 Å². The number of hydrogen-bond acceptors (Lipinski definition) is 1. The summed E-state index contributed by atoms with van der Waals surface area (Å²) in [6.45, 7) is 4.80. The number of aromatic nitrogens is 2. The third-order valence-corrected chi connectivity index (χ3v) is 10.1. The highest BCUT2D eigenvalue weighted by molar-refractivity contribution is 6.10. The van der Waals surface area contributed by atoms with Crippen LogP contribution in [0.1, 0.15) is 25.0 Å². The third-order valence-electron chi connectivity index (χ3n) is 10.1. The van der Waals surface area contributed by atoms with Crippen molar-refractivity contribution < 1.29 is 4.42 Å². The molecule has 3 heterocycles. The van der Waals surface area contributed by atoms with Gasteiger partial charge in [-0.1, -0.05) is 117 Å². The van der Waals surface area contributed by atoms with Gasteiger partial charge in [0.25, 0.3) is 0 Å². The zero-order chi connectivity index (χ0) is 30.6. The molecule has 6 aromatic carbocycles. The van der Waals surface area contributed by atoms with Gasteiger partial charge in [-0.15, -0.1) is 0 Å². The summed E-state index contributed by atoms with van der Waals surface area (Å²) in [6.07, 6.45) is 0. The number of rotatable bonds is 3. The lowest BCUT2D eigenvalue weighted by atomic mass is 9.81. The molecule has 1 aliphatic rings. The molecule has 0 saturated carbocycles. The topological polar surface area (TPSA) is 23.0 Å². The molecule has 3 aromatic heterocycles. The Morgan fingerprint density at radius 1 is 0.478 bits per heavy atom. The summed E-state index contributed by atoms with van der Waals surface area (Å²) in [5, 5.41) is 4.90. The summed E-state index contributed by atoms with van der Waals surface area (Å²) in [6, 6.07) is 52.3. The van der Waals surface area contributed by atoms with Gasteiger partial charge < -0.3 is 13.6 Å². The van der Waals surface area contributed by atoms with Crippen molar-refractivity contribution in [2.45, 2.75) is 19.3 Å². The van der Waals surface area contributed by atoms with E-state index in [0.29, 0.717) is 0 Å². The van der Waals surface area contributed by atoms with Crippen molar-refractivity contribution in [1.29, 1.82) is 0 Å². The number of para-hydroxylation sites is 5. The Balaban J connectivity index is 1.30. The Morgan fingerprint density at radius 2 is 1.02 bits per heavy atom. The second kappa shape index (κ2) is 9.12. The molecule has 1 aliphatic carbocycles. The van der Waals surface area contributed by atoms with Crippen LogP contribution >= 0.6 is 0 Å². The van der Waals surface area contributed by atoms with Gasteiger partial charge in [0.15, 0.2) is 0 Å². The quantitative estimate of drug-likeness (QED) is 0.201. The monoisotopic (exact) mass is 590 g/mol.